The van der Waals surface area contributed by atoms with E-state index in [9.17, 15) is 9.59 Å². The molecule has 1 aromatic rings. The van der Waals surface area contributed by atoms with Gasteiger partial charge in [0.25, 0.3) is 5.91 Å². The van der Waals surface area contributed by atoms with Gasteiger partial charge in [-0.25, -0.2) is 0 Å². The molecule has 0 unspecified atom stereocenters. The molecule has 20 heavy (non-hydrogen) atoms. The van der Waals surface area contributed by atoms with Gasteiger partial charge in [-0.15, -0.1) is 0 Å². The minimum Gasteiger partial charge on any atom is -0.398 e. The van der Waals surface area contributed by atoms with Crippen LogP contribution in [0.5, 0.6) is 0 Å². The first-order valence-corrected chi connectivity index (χ1v) is 6.77. The lowest BCUT2D eigenvalue weighted by molar-refractivity contribution is -0.121. The lowest BCUT2D eigenvalue weighted by atomic mass is 10.1. The van der Waals surface area contributed by atoms with Crippen molar-refractivity contribution in [1.82, 2.24) is 5.32 Å². The summed E-state index contributed by atoms with van der Waals surface area (Å²) in [5.41, 5.74) is 5.70. The quantitative estimate of drug-likeness (QED) is 0.384. The van der Waals surface area contributed by atoms with Crippen LogP contribution in [-0.2, 0) is 16.1 Å². The molecule has 0 saturated heterocycles. The van der Waals surface area contributed by atoms with Crippen molar-refractivity contribution in [2.75, 3.05) is 0 Å². The number of Topliss-reactive ketones (excluding diaryl/α,β-unsaturated/α-hetero) is 1. The number of allylic oxidation sites excluding steroid dienone is 1. The van der Waals surface area contributed by atoms with Crippen LogP contribution in [0, 0.1) is 0 Å². The normalized spacial score (nSPS) is 12.6. The van der Waals surface area contributed by atoms with Crippen molar-refractivity contribution in [3.8, 4) is 0 Å². The SMILES string of the molecule is CC(=O)C(C(=O)NCc1ccccc1)=C(N)C(Cl)(Cl)Cl. The van der Waals surface area contributed by atoms with E-state index >= 15 is 0 Å². The predicted octanol–water partition coefficient (Wildman–Crippen LogP) is 2.47. The van der Waals surface area contributed by atoms with Crippen LogP contribution < -0.4 is 11.1 Å². The van der Waals surface area contributed by atoms with Crippen LogP contribution in [0.2, 0.25) is 0 Å². The van der Waals surface area contributed by atoms with Gasteiger partial charge in [0.2, 0.25) is 3.79 Å². The van der Waals surface area contributed by atoms with Gasteiger partial charge in [-0.05, 0) is 12.5 Å². The van der Waals surface area contributed by atoms with Crippen molar-refractivity contribution in [3.05, 3.63) is 47.2 Å². The molecule has 0 fully saturated rings. The van der Waals surface area contributed by atoms with Crippen LogP contribution >= 0.6 is 34.8 Å². The summed E-state index contributed by atoms with van der Waals surface area (Å²) in [4.78, 5) is 23.5. The third kappa shape index (κ3) is 4.71. The molecule has 1 aromatic carbocycles. The molecule has 0 aliphatic carbocycles. The highest BCUT2D eigenvalue weighted by molar-refractivity contribution is 6.69. The van der Waals surface area contributed by atoms with Crippen LogP contribution in [0.15, 0.2) is 41.6 Å². The van der Waals surface area contributed by atoms with Gasteiger partial charge in [-0.1, -0.05) is 65.1 Å². The molecule has 0 radical (unpaired) electrons. The zero-order valence-corrected chi connectivity index (χ0v) is 12.9. The average Bonchev–Trinajstić information content (AvgIpc) is 2.36. The summed E-state index contributed by atoms with van der Waals surface area (Å²) in [5.74, 6) is -1.25. The van der Waals surface area contributed by atoms with Gasteiger partial charge < -0.3 is 11.1 Å². The molecular weight excluding hydrogens is 323 g/mol. The Balaban J connectivity index is 2.90. The number of ketones is 1. The number of alkyl halides is 3. The van der Waals surface area contributed by atoms with E-state index in [1.165, 1.54) is 6.92 Å². The van der Waals surface area contributed by atoms with E-state index < -0.39 is 15.5 Å². The molecule has 7 heteroatoms. The lowest BCUT2D eigenvalue weighted by Gasteiger charge is -2.15. The topological polar surface area (TPSA) is 72.2 Å². The minimum absolute atomic E-state index is 0.240. The van der Waals surface area contributed by atoms with Crippen LogP contribution in [0.3, 0.4) is 0 Å². The third-order valence-corrected chi connectivity index (χ3v) is 3.06. The minimum atomic E-state index is -2.01. The molecule has 3 N–H and O–H groups in total. The van der Waals surface area contributed by atoms with E-state index in [1.54, 1.807) is 0 Å². The van der Waals surface area contributed by atoms with Crippen LogP contribution in [0.4, 0.5) is 0 Å². The second-order valence-electron chi connectivity index (χ2n) is 4.01. The van der Waals surface area contributed by atoms with Crippen molar-refractivity contribution < 1.29 is 9.59 Å². The summed E-state index contributed by atoms with van der Waals surface area (Å²) >= 11 is 16.8. The number of carbonyl (C=O) groups is 2. The summed E-state index contributed by atoms with van der Waals surface area (Å²) in [7, 11) is 0. The van der Waals surface area contributed by atoms with Gasteiger partial charge in [0.1, 0.15) is 5.57 Å². The Morgan fingerprint density at radius 3 is 2.20 bits per heavy atom. The van der Waals surface area contributed by atoms with Crippen LogP contribution in [0.25, 0.3) is 0 Å². The molecule has 0 aromatic heterocycles. The predicted molar refractivity (Wildman–Crippen MR) is 80.5 cm³/mol. The second-order valence-corrected chi connectivity index (χ2v) is 6.29. The van der Waals surface area contributed by atoms with E-state index in [1.807, 2.05) is 30.3 Å². The van der Waals surface area contributed by atoms with Crippen LogP contribution in [0.1, 0.15) is 12.5 Å². The van der Waals surface area contributed by atoms with Crippen molar-refractivity contribution in [3.63, 3.8) is 0 Å². The zero-order chi connectivity index (χ0) is 15.3. The Morgan fingerprint density at radius 2 is 1.75 bits per heavy atom. The van der Waals surface area contributed by atoms with E-state index in [0.717, 1.165) is 5.56 Å². The maximum absolute atomic E-state index is 12.0. The molecule has 4 nitrogen and oxygen atoms in total. The molecule has 108 valence electrons. The van der Waals surface area contributed by atoms with Gasteiger partial charge in [0, 0.05) is 6.54 Å². The molecule has 0 aliphatic rings. The van der Waals surface area contributed by atoms with Crippen molar-refractivity contribution >= 4 is 46.5 Å². The first kappa shape index (κ1) is 16.8. The standard InChI is InChI=1S/C13H13Cl3N2O2/c1-8(19)10(11(17)13(14,15)16)12(20)18-7-9-5-3-2-4-6-9/h2-6H,7,17H2,1H3,(H,18,20). The van der Waals surface area contributed by atoms with E-state index in [0.29, 0.717) is 0 Å². The van der Waals surface area contributed by atoms with Gasteiger partial charge in [0.05, 0.1) is 5.70 Å². The lowest BCUT2D eigenvalue weighted by Crippen LogP contribution is -2.32. The first-order valence-electron chi connectivity index (χ1n) is 5.63. The zero-order valence-electron chi connectivity index (χ0n) is 10.6. The monoisotopic (exact) mass is 334 g/mol. The van der Waals surface area contributed by atoms with Crippen molar-refractivity contribution in [1.29, 1.82) is 0 Å². The Morgan fingerprint density at radius 1 is 1.20 bits per heavy atom. The maximum Gasteiger partial charge on any atom is 0.257 e. The summed E-state index contributed by atoms with van der Waals surface area (Å²) in [5, 5.41) is 2.56. The van der Waals surface area contributed by atoms with Gasteiger partial charge >= 0.3 is 0 Å². The summed E-state index contributed by atoms with van der Waals surface area (Å²) in [6.07, 6.45) is 0. The highest BCUT2D eigenvalue weighted by Gasteiger charge is 2.31. The molecule has 0 spiro atoms. The number of hydrogen-bond donors (Lipinski definition) is 2. The number of halogens is 3. The Bertz CT molecular complexity index is 536. The first-order chi connectivity index (χ1) is 9.23. The Hall–Kier alpha value is -1.23. The molecule has 0 heterocycles. The van der Waals surface area contributed by atoms with Crippen LogP contribution in [-0.4, -0.2) is 15.5 Å². The summed E-state index contributed by atoms with van der Waals surface area (Å²) in [6.45, 7) is 1.42. The fourth-order valence-electron chi connectivity index (χ4n) is 1.48. The average molecular weight is 336 g/mol. The molecule has 1 rings (SSSR count). The molecule has 0 atom stereocenters. The number of nitrogens with one attached hydrogen (secondary N) is 1. The highest BCUT2D eigenvalue weighted by Crippen LogP contribution is 2.33. The maximum atomic E-state index is 12.0. The van der Waals surface area contributed by atoms with E-state index in [-0.39, 0.29) is 17.8 Å². The molecule has 1 amide bonds. The van der Waals surface area contributed by atoms with Gasteiger partial charge in [-0.2, -0.15) is 0 Å². The number of rotatable bonds is 4. The van der Waals surface area contributed by atoms with E-state index in [2.05, 4.69) is 5.32 Å². The Kier molecular flexibility index (Phi) is 5.87. The largest absolute Gasteiger partial charge is 0.398 e. The van der Waals surface area contributed by atoms with Crippen molar-refractivity contribution in [2.45, 2.75) is 17.3 Å². The second kappa shape index (κ2) is 6.97. The molecule has 0 aliphatic heterocycles. The summed E-state index contributed by atoms with van der Waals surface area (Å²) < 4.78 is -2.01. The fraction of sp³-hybridized carbons (Fsp3) is 0.231. The van der Waals surface area contributed by atoms with E-state index in [4.69, 9.17) is 40.5 Å². The molecular formula is C13H13Cl3N2O2. The number of amides is 1. The van der Waals surface area contributed by atoms with Crippen molar-refractivity contribution in [2.24, 2.45) is 5.73 Å². The number of carbonyl (C=O) groups excluding carboxylic acids is 2. The third-order valence-electron chi connectivity index (χ3n) is 2.45. The van der Waals surface area contributed by atoms with Gasteiger partial charge in [-0.3, -0.25) is 9.59 Å². The molecule has 0 saturated carbocycles. The fourth-order valence-corrected chi connectivity index (χ4v) is 1.76. The molecule has 0 bridgehead atoms. The highest BCUT2D eigenvalue weighted by atomic mass is 35.6. The van der Waals surface area contributed by atoms with Gasteiger partial charge in [0.15, 0.2) is 5.78 Å². The smallest absolute Gasteiger partial charge is 0.257 e. The number of nitrogens with two attached hydrogens (primary N) is 1. The summed E-state index contributed by atoms with van der Waals surface area (Å²) in [6, 6.07) is 9.18. The number of hydrogen-bond acceptors (Lipinski definition) is 3. The number of benzene rings is 1. The Labute approximate surface area is 131 Å².